The van der Waals surface area contributed by atoms with E-state index in [1.54, 1.807) is 19.0 Å². The van der Waals surface area contributed by atoms with E-state index in [1.807, 2.05) is 11.8 Å². The van der Waals surface area contributed by atoms with Crippen LogP contribution in [0, 0.1) is 5.92 Å². The van der Waals surface area contributed by atoms with Crippen LogP contribution < -0.4 is 10.6 Å². The molecule has 20 heavy (non-hydrogen) atoms. The van der Waals surface area contributed by atoms with Gasteiger partial charge in [0.15, 0.2) is 5.96 Å². The van der Waals surface area contributed by atoms with Crippen molar-refractivity contribution in [1.29, 1.82) is 0 Å². The van der Waals surface area contributed by atoms with Crippen molar-refractivity contribution in [2.75, 3.05) is 38.7 Å². The Balaban J connectivity index is 2.53. The number of aliphatic imine (C=N–C) groups is 1. The molecule has 0 aromatic carbocycles. The van der Waals surface area contributed by atoms with E-state index in [9.17, 15) is 4.79 Å². The van der Waals surface area contributed by atoms with E-state index in [0.717, 1.165) is 18.3 Å². The highest BCUT2D eigenvalue weighted by molar-refractivity contribution is 7.99. The van der Waals surface area contributed by atoms with E-state index in [4.69, 9.17) is 0 Å². The molecule has 0 aromatic rings. The molecule has 1 amide bonds. The number of hydrogen-bond acceptors (Lipinski definition) is 3. The molecule has 1 fully saturated rings. The molecule has 5 nitrogen and oxygen atoms in total. The predicted octanol–water partition coefficient (Wildman–Crippen LogP) is 1.16. The van der Waals surface area contributed by atoms with Crippen LogP contribution in [0.1, 0.15) is 26.7 Å². The van der Waals surface area contributed by atoms with Gasteiger partial charge in [-0.25, -0.2) is 4.99 Å². The Labute approximate surface area is 127 Å². The summed E-state index contributed by atoms with van der Waals surface area (Å²) in [7, 11) is 3.51. The van der Waals surface area contributed by atoms with E-state index in [0.29, 0.717) is 12.0 Å². The van der Waals surface area contributed by atoms with Crippen LogP contribution in [0.4, 0.5) is 0 Å². The first-order valence-electron chi connectivity index (χ1n) is 7.31. The van der Waals surface area contributed by atoms with Gasteiger partial charge in [0.1, 0.15) is 6.54 Å². The number of guanidine groups is 1. The molecule has 0 bridgehead atoms. The van der Waals surface area contributed by atoms with Gasteiger partial charge in [-0.3, -0.25) is 4.79 Å². The molecule has 1 atom stereocenters. The quantitative estimate of drug-likeness (QED) is 0.591. The standard InChI is InChI=1S/C14H28N4OS/c1-11(2)8-15-14(16-9-13(19)18(3)4)17-12-6-5-7-20-10-12/h11-12H,5-10H2,1-4H3,(H2,15,16,17). The number of hydrogen-bond donors (Lipinski definition) is 2. The molecule has 0 saturated carbocycles. The SMILES string of the molecule is CC(C)CNC(=NCC(=O)N(C)C)NC1CCCSC1. The van der Waals surface area contributed by atoms with Gasteiger partial charge >= 0.3 is 0 Å². The van der Waals surface area contributed by atoms with Crippen LogP contribution in [0.3, 0.4) is 0 Å². The number of amides is 1. The molecule has 0 aliphatic carbocycles. The lowest BCUT2D eigenvalue weighted by atomic mass is 10.2. The van der Waals surface area contributed by atoms with Crippen LogP contribution in [0.15, 0.2) is 4.99 Å². The Morgan fingerprint density at radius 1 is 1.45 bits per heavy atom. The lowest BCUT2D eigenvalue weighted by Gasteiger charge is -2.25. The van der Waals surface area contributed by atoms with Crippen molar-refractivity contribution >= 4 is 23.6 Å². The fourth-order valence-corrected chi connectivity index (χ4v) is 2.86. The first kappa shape index (κ1) is 17.1. The van der Waals surface area contributed by atoms with Crippen LogP contribution in [0.2, 0.25) is 0 Å². The summed E-state index contributed by atoms with van der Waals surface area (Å²) in [5.74, 6) is 3.70. The number of thioether (sulfide) groups is 1. The normalized spacial score (nSPS) is 19.9. The molecular formula is C14H28N4OS. The monoisotopic (exact) mass is 300 g/mol. The van der Waals surface area contributed by atoms with Crippen molar-refractivity contribution in [2.45, 2.75) is 32.7 Å². The van der Waals surface area contributed by atoms with Crippen LogP contribution in [-0.4, -0.2) is 61.5 Å². The van der Waals surface area contributed by atoms with Gasteiger partial charge < -0.3 is 15.5 Å². The summed E-state index contributed by atoms with van der Waals surface area (Å²) in [5.41, 5.74) is 0. The molecule has 0 aromatic heterocycles. The second-order valence-corrected chi connectivity index (χ2v) is 6.94. The minimum Gasteiger partial charge on any atom is -0.356 e. The van der Waals surface area contributed by atoms with Gasteiger partial charge in [-0.1, -0.05) is 13.8 Å². The zero-order chi connectivity index (χ0) is 15.0. The third-order valence-corrected chi connectivity index (χ3v) is 4.27. The third-order valence-electron chi connectivity index (χ3n) is 3.05. The van der Waals surface area contributed by atoms with Crippen LogP contribution in [-0.2, 0) is 4.79 Å². The Kier molecular flexibility index (Phi) is 7.80. The minimum absolute atomic E-state index is 0.0219. The van der Waals surface area contributed by atoms with Gasteiger partial charge in [-0.15, -0.1) is 0 Å². The summed E-state index contributed by atoms with van der Waals surface area (Å²) in [4.78, 5) is 17.6. The summed E-state index contributed by atoms with van der Waals surface area (Å²) < 4.78 is 0. The summed E-state index contributed by atoms with van der Waals surface area (Å²) in [6, 6.07) is 0.460. The summed E-state index contributed by atoms with van der Waals surface area (Å²) in [6.45, 7) is 5.38. The van der Waals surface area contributed by atoms with Crippen LogP contribution >= 0.6 is 11.8 Å². The maximum Gasteiger partial charge on any atom is 0.243 e. The molecule has 0 radical (unpaired) electrons. The Morgan fingerprint density at radius 3 is 2.75 bits per heavy atom. The topological polar surface area (TPSA) is 56.7 Å². The number of rotatable bonds is 5. The molecule has 1 rings (SSSR count). The highest BCUT2D eigenvalue weighted by Crippen LogP contribution is 2.16. The highest BCUT2D eigenvalue weighted by Gasteiger charge is 2.15. The maximum atomic E-state index is 11.6. The van der Waals surface area contributed by atoms with Gasteiger partial charge in [0, 0.05) is 32.4 Å². The van der Waals surface area contributed by atoms with Crippen molar-refractivity contribution in [1.82, 2.24) is 15.5 Å². The number of carbonyl (C=O) groups excluding carboxylic acids is 1. The van der Waals surface area contributed by atoms with E-state index >= 15 is 0 Å². The first-order chi connectivity index (χ1) is 9.49. The van der Waals surface area contributed by atoms with Crippen molar-refractivity contribution in [2.24, 2.45) is 10.9 Å². The van der Waals surface area contributed by atoms with Gasteiger partial charge in [0.05, 0.1) is 0 Å². The summed E-state index contributed by atoms with van der Waals surface area (Å²) >= 11 is 1.98. The van der Waals surface area contributed by atoms with E-state index < -0.39 is 0 Å². The molecular weight excluding hydrogens is 272 g/mol. The fourth-order valence-electron chi connectivity index (χ4n) is 1.79. The zero-order valence-corrected chi connectivity index (χ0v) is 13.9. The number of nitrogens with zero attached hydrogens (tertiary/aromatic N) is 2. The summed E-state index contributed by atoms with van der Waals surface area (Å²) in [5, 5.41) is 6.77. The lowest BCUT2D eigenvalue weighted by molar-refractivity contribution is -0.127. The molecule has 1 aliphatic rings. The molecule has 2 N–H and O–H groups in total. The van der Waals surface area contributed by atoms with Gasteiger partial charge in [0.2, 0.25) is 5.91 Å². The fraction of sp³-hybridized carbons (Fsp3) is 0.857. The smallest absolute Gasteiger partial charge is 0.243 e. The van der Waals surface area contributed by atoms with Crippen molar-refractivity contribution in [3.63, 3.8) is 0 Å². The highest BCUT2D eigenvalue weighted by atomic mass is 32.2. The minimum atomic E-state index is 0.0219. The van der Waals surface area contributed by atoms with Crippen molar-refractivity contribution in [3.05, 3.63) is 0 Å². The summed E-state index contributed by atoms with van der Waals surface area (Å²) in [6.07, 6.45) is 2.42. The van der Waals surface area contributed by atoms with Crippen LogP contribution in [0.5, 0.6) is 0 Å². The zero-order valence-electron chi connectivity index (χ0n) is 13.1. The van der Waals surface area contributed by atoms with Gasteiger partial charge in [-0.05, 0) is 24.5 Å². The largest absolute Gasteiger partial charge is 0.356 e. The molecule has 1 unspecified atom stereocenters. The second kappa shape index (κ2) is 9.10. The Bertz CT molecular complexity index is 325. The van der Waals surface area contributed by atoms with Crippen molar-refractivity contribution < 1.29 is 4.79 Å². The van der Waals surface area contributed by atoms with Crippen molar-refractivity contribution in [3.8, 4) is 0 Å². The maximum absolute atomic E-state index is 11.6. The van der Waals surface area contributed by atoms with E-state index in [2.05, 4.69) is 29.5 Å². The number of nitrogens with one attached hydrogen (secondary N) is 2. The van der Waals surface area contributed by atoms with Crippen LogP contribution in [0.25, 0.3) is 0 Å². The molecule has 6 heteroatoms. The average Bonchev–Trinajstić information content (AvgIpc) is 2.42. The molecule has 1 heterocycles. The molecule has 0 spiro atoms. The molecule has 1 aliphatic heterocycles. The number of likely N-dealkylation sites (N-methyl/N-ethyl adjacent to an activating group) is 1. The van der Waals surface area contributed by atoms with E-state index in [-0.39, 0.29) is 12.5 Å². The lowest BCUT2D eigenvalue weighted by Crippen LogP contribution is -2.47. The number of carbonyl (C=O) groups is 1. The Hall–Kier alpha value is -0.910. The average molecular weight is 300 g/mol. The Morgan fingerprint density at radius 2 is 2.20 bits per heavy atom. The third kappa shape index (κ3) is 7.03. The van der Waals surface area contributed by atoms with Gasteiger partial charge in [-0.2, -0.15) is 11.8 Å². The van der Waals surface area contributed by atoms with E-state index in [1.165, 1.54) is 18.6 Å². The molecule has 116 valence electrons. The van der Waals surface area contributed by atoms with Gasteiger partial charge in [0.25, 0.3) is 0 Å². The second-order valence-electron chi connectivity index (χ2n) is 5.79. The predicted molar refractivity (Wildman–Crippen MR) is 87.3 cm³/mol. The molecule has 1 saturated heterocycles. The first-order valence-corrected chi connectivity index (χ1v) is 8.47.